The molecule has 0 bridgehead atoms. The van der Waals surface area contributed by atoms with Crippen molar-refractivity contribution in [3.05, 3.63) is 47.3 Å². The Morgan fingerprint density at radius 1 is 1.40 bits per heavy atom. The van der Waals surface area contributed by atoms with Crippen molar-refractivity contribution in [2.45, 2.75) is 20.4 Å². The minimum Gasteiger partial charge on any atom is -0.493 e. The number of para-hydroxylation sites is 1. The smallest absolute Gasteiger partial charge is 0.255 e. The summed E-state index contributed by atoms with van der Waals surface area (Å²) in [7, 11) is 1.88. The standard InChI is InChI=1S/C15H19N3O2/c1-4-20-14-8-6-5-7-13(14)15(19)16-9-12-10-17-18(3)11(12)2/h5-8,10H,4,9H2,1-3H3,(H,16,19). The van der Waals surface area contributed by atoms with E-state index in [-0.39, 0.29) is 5.91 Å². The molecule has 0 unspecified atom stereocenters. The predicted molar refractivity (Wildman–Crippen MR) is 76.7 cm³/mol. The minimum atomic E-state index is -0.141. The first-order valence-corrected chi connectivity index (χ1v) is 6.61. The van der Waals surface area contributed by atoms with Crippen LogP contribution in [0.2, 0.25) is 0 Å². The van der Waals surface area contributed by atoms with Crippen molar-refractivity contribution in [2.75, 3.05) is 6.61 Å². The van der Waals surface area contributed by atoms with Crippen LogP contribution in [0.4, 0.5) is 0 Å². The van der Waals surface area contributed by atoms with Gasteiger partial charge in [-0.3, -0.25) is 9.48 Å². The van der Waals surface area contributed by atoms with Crippen LogP contribution in [0.5, 0.6) is 5.75 Å². The Bertz CT molecular complexity index is 605. The largest absolute Gasteiger partial charge is 0.493 e. The fourth-order valence-electron chi connectivity index (χ4n) is 1.92. The molecule has 1 aromatic carbocycles. The van der Waals surface area contributed by atoms with Crippen LogP contribution in [0.15, 0.2) is 30.5 Å². The second kappa shape index (κ2) is 6.23. The van der Waals surface area contributed by atoms with Gasteiger partial charge in [0.25, 0.3) is 5.91 Å². The highest BCUT2D eigenvalue weighted by Crippen LogP contribution is 2.18. The van der Waals surface area contributed by atoms with Gasteiger partial charge in [-0.05, 0) is 26.0 Å². The Hall–Kier alpha value is -2.30. The number of benzene rings is 1. The molecule has 0 aliphatic carbocycles. The highest BCUT2D eigenvalue weighted by molar-refractivity contribution is 5.96. The summed E-state index contributed by atoms with van der Waals surface area (Å²) >= 11 is 0. The molecule has 0 radical (unpaired) electrons. The van der Waals surface area contributed by atoms with Gasteiger partial charge in [-0.25, -0.2) is 0 Å². The second-order valence-corrected chi connectivity index (χ2v) is 4.49. The number of nitrogens with zero attached hydrogens (tertiary/aromatic N) is 2. The first-order chi connectivity index (χ1) is 9.63. The van der Waals surface area contributed by atoms with Crippen molar-refractivity contribution in [2.24, 2.45) is 7.05 Å². The molecule has 1 aromatic heterocycles. The van der Waals surface area contributed by atoms with E-state index in [0.717, 1.165) is 11.3 Å². The Kier molecular flexibility index (Phi) is 4.40. The number of hydrogen-bond donors (Lipinski definition) is 1. The summed E-state index contributed by atoms with van der Waals surface area (Å²) in [6, 6.07) is 7.24. The average molecular weight is 273 g/mol. The SMILES string of the molecule is CCOc1ccccc1C(=O)NCc1cnn(C)c1C. The fraction of sp³-hybridized carbons (Fsp3) is 0.333. The second-order valence-electron chi connectivity index (χ2n) is 4.49. The highest BCUT2D eigenvalue weighted by atomic mass is 16.5. The lowest BCUT2D eigenvalue weighted by molar-refractivity contribution is 0.0947. The summed E-state index contributed by atoms with van der Waals surface area (Å²) in [4.78, 5) is 12.2. The quantitative estimate of drug-likeness (QED) is 0.907. The normalized spacial score (nSPS) is 10.3. The van der Waals surface area contributed by atoms with Gasteiger partial charge in [0.15, 0.2) is 0 Å². The molecule has 1 heterocycles. The van der Waals surface area contributed by atoms with E-state index in [9.17, 15) is 4.79 Å². The molecule has 0 spiro atoms. The van der Waals surface area contributed by atoms with E-state index in [1.165, 1.54) is 0 Å². The summed E-state index contributed by atoms with van der Waals surface area (Å²) in [6.07, 6.45) is 1.77. The highest BCUT2D eigenvalue weighted by Gasteiger charge is 2.12. The van der Waals surface area contributed by atoms with Crippen molar-refractivity contribution in [1.29, 1.82) is 0 Å². The van der Waals surface area contributed by atoms with Crippen molar-refractivity contribution in [1.82, 2.24) is 15.1 Å². The zero-order chi connectivity index (χ0) is 14.5. The van der Waals surface area contributed by atoms with Gasteiger partial charge in [-0.15, -0.1) is 0 Å². The van der Waals surface area contributed by atoms with Crippen LogP contribution < -0.4 is 10.1 Å². The number of amides is 1. The maximum Gasteiger partial charge on any atom is 0.255 e. The van der Waals surface area contributed by atoms with E-state index in [2.05, 4.69) is 10.4 Å². The molecule has 5 nitrogen and oxygen atoms in total. The van der Waals surface area contributed by atoms with Crippen LogP contribution >= 0.6 is 0 Å². The van der Waals surface area contributed by atoms with Crippen molar-refractivity contribution < 1.29 is 9.53 Å². The molecular formula is C15H19N3O2. The number of carbonyl (C=O) groups is 1. The molecule has 1 amide bonds. The molecule has 0 fully saturated rings. The molecule has 2 rings (SSSR count). The van der Waals surface area contributed by atoms with E-state index in [1.54, 1.807) is 23.0 Å². The number of ether oxygens (including phenoxy) is 1. The zero-order valence-electron chi connectivity index (χ0n) is 12.0. The van der Waals surface area contributed by atoms with Crippen LogP contribution in [-0.2, 0) is 13.6 Å². The molecule has 0 aliphatic rings. The zero-order valence-corrected chi connectivity index (χ0v) is 12.0. The number of carbonyl (C=O) groups excluding carboxylic acids is 1. The van der Waals surface area contributed by atoms with E-state index < -0.39 is 0 Å². The monoisotopic (exact) mass is 273 g/mol. The van der Waals surface area contributed by atoms with Crippen molar-refractivity contribution in [3.63, 3.8) is 0 Å². The third-order valence-electron chi connectivity index (χ3n) is 3.21. The third-order valence-corrected chi connectivity index (χ3v) is 3.21. The van der Waals surface area contributed by atoms with Gasteiger partial charge < -0.3 is 10.1 Å². The number of nitrogens with one attached hydrogen (secondary N) is 1. The molecule has 0 saturated carbocycles. The van der Waals surface area contributed by atoms with Gasteiger partial charge in [0, 0.05) is 24.8 Å². The Balaban J connectivity index is 2.07. The summed E-state index contributed by atoms with van der Waals surface area (Å²) in [6.45, 7) is 4.86. The van der Waals surface area contributed by atoms with E-state index in [0.29, 0.717) is 24.5 Å². The maximum absolute atomic E-state index is 12.2. The number of aryl methyl sites for hydroxylation is 1. The van der Waals surface area contributed by atoms with Crippen LogP contribution in [0, 0.1) is 6.92 Å². The molecule has 0 aliphatic heterocycles. The van der Waals surface area contributed by atoms with Gasteiger partial charge in [-0.1, -0.05) is 12.1 Å². The first-order valence-electron chi connectivity index (χ1n) is 6.61. The lowest BCUT2D eigenvalue weighted by Crippen LogP contribution is -2.23. The van der Waals surface area contributed by atoms with Crippen molar-refractivity contribution >= 4 is 5.91 Å². The summed E-state index contributed by atoms with van der Waals surface area (Å²) in [5.74, 6) is 0.465. The number of rotatable bonds is 5. The lowest BCUT2D eigenvalue weighted by atomic mass is 10.2. The Morgan fingerprint density at radius 2 is 2.15 bits per heavy atom. The minimum absolute atomic E-state index is 0.141. The summed E-state index contributed by atoms with van der Waals surface area (Å²) < 4.78 is 7.25. The molecule has 1 N–H and O–H groups in total. The molecule has 5 heteroatoms. The Morgan fingerprint density at radius 3 is 2.80 bits per heavy atom. The molecular weight excluding hydrogens is 254 g/mol. The molecule has 106 valence electrons. The first kappa shape index (κ1) is 14.1. The predicted octanol–water partition coefficient (Wildman–Crippen LogP) is 2.06. The van der Waals surface area contributed by atoms with E-state index in [1.807, 2.05) is 33.0 Å². The Labute approximate surface area is 118 Å². The lowest BCUT2D eigenvalue weighted by Gasteiger charge is -2.10. The molecule has 2 aromatic rings. The van der Waals surface area contributed by atoms with E-state index >= 15 is 0 Å². The summed E-state index contributed by atoms with van der Waals surface area (Å²) in [5, 5.41) is 7.05. The van der Waals surface area contributed by atoms with Gasteiger partial charge >= 0.3 is 0 Å². The van der Waals surface area contributed by atoms with Crippen LogP contribution in [-0.4, -0.2) is 22.3 Å². The van der Waals surface area contributed by atoms with Gasteiger partial charge in [0.05, 0.1) is 18.4 Å². The summed E-state index contributed by atoms with van der Waals surface area (Å²) in [5.41, 5.74) is 2.61. The van der Waals surface area contributed by atoms with Crippen LogP contribution in [0.25, 0.3) is 0 Å². The van der Waals surface area contributed by atoms with Gasteiger partial charge in [0.1, 0.15) is 5.75 Å². The molecule has 20 heavy (non-hydrogen) atoms. The number of aromatic nitrogens is 2. The van der Waals surface area contributed by atoms with Crippen LogP contribution in [0.1, 0.15) is 28.5 Å². The average Bonchev–Trinajstić information content (AvgIpc) is 2.77. The maximum atomic E-state index is 12.2. The number of hydrogen-bond acceptors (Lipinski definition) is 3. The molecule has 0 saturated heterocycles. The van der Waals surface area contributed by atoms with Crippen molar-refractivity contribution in [3.8, 4) is 5.75 Å². The van der Waals surface area contributed by atoms with E-state index in [4.69, 9.17) is 4.74 Å². The third kappa shape index (κ3) is 2.99. The topological polar surface area (TPSA) is 56.1 Å². The van der Waals surface area contributed by atoms with Crippen LogP contribution in [0.3, 0.4) is 0 Å². The van der Waals surface area contributed by atoms with Gasteiger partial charge in [0.2, 0.25) is 0 Å². The van der Waals surface area contributed by atoms with Gasteiger partial charge in [-0.2, -0.15) is 5.10 Å². The fourth-order valence-corrected chi connectivity index (χ4v) is 1.92. The molecule has 0 atom stereocenters.